The van der Waals surface area contributed by atoms with E-state index in [1.165, 1.54) is 0 Å². The first-order chi connectivity index (χ1) is 5.07. The second-order valence-electron chi connectivity index (χ2n) is 1.87. The van der Waals surface area contributed by atoms with Crippen LogP contribution in [-0.2, 0) is 14.4 Å². The van der Waals surface area contributed by atoms with Crippen LogP contribution in [-0.4, -0.2) is 22.8 Å². The van der Waals surface area contributed by atoms with Crippen molar-refractivity contribution in [3.05, 3.63) is 0 Å². The molecule has 1 amide bonds. The number of Topliss-reactive ketones (excluding diaryl/α,β-unsaturated/α-hetero) is 1. The Bertz CT molecular complexity index is 212. The van der Waals surface area contributed by atoms with Gasteiger partial charge in [-0.05, 0) is 0 Å². The molecule has 0 aromatic rings. The molecule has 0 rings (SSSR count). The molecule has 0 aliphatic carbocycles. The van der Waals surface area contributed by atoms with Crippen molar-refractivity contribution in [3.8, 4) is 0 Å². The van der Waals surface area contributed by atoms with Crippen molar-refractivity contribution in [2.75, 3.05) is 0 Å². The van der Waals surface area contributed by atoms with Gasteiger partial charge < -0.3 is 5.73 Å². The number of hydrogen-bond acceptors (Lipinski definition) is 4. The molecule has 0 heterocycles. The Kier molecular flexibility index (Phi) is 4.21. The van der Waals surface area contributed by atoms with E-state index in [9.17, 15) is 14.4 Å². The van der Waals surface area contributed by atoms with Crippen LogP contribution in [0.3, 0.4) is 0 Å². The lowest BCUT2D eigenvalue weighted by atomic mass is 10.2. The molecule has 0 aliphatic rings. The number of primary amides is 1. The topological polar surface area (TPSA) is 77.2 Å². The van der Waals surface area contributed by atoms with Gasteiger partial charge in [0.2, 0.25) is 5.91 Å². The molecule has 0 bridgehead atoms. The highest BCUT2D eigenvalue weighted by atomic mass is 32.1. The molecule has 0 radical (unpaired) electrons. The molecular weight excluding hydrogens is 166 g/mol. The molecule has 0 aliphatic heterocycles. The first-order valence-electron chi connectivity index (χ1n) is 2.88. The summed E-state index contributed by atoms with van der Waals surface area (Å²) in [5.74, 6) is -1.08. The minimum Gasteiger partial charge on any atom is -0.370 e. The van der Waals surface area contributed by atoms with Crippen molar-refractivity contribution in [1.82, 2.24) is 0 Å². The second-order valence-corrected chi connectivity index (χ2v) is 2.31. The van der Waals surface area contributed by atoms with Crippen LogP contribution in [0.2, 0.25) is 0 Å². The Hall–Kier alpha value is -1.10. The Labute approximate surface area is 68.7 Å². The quantitative estimate of drug-likeness (QED) is 0.342. The predicted molar refractivity (Wildman–Crippen MR) is 42.1 cm³/mol. The Morgan fingerprint density at radius 3 is 2.27 bits per heavy atom. The van der Waals surface area contributed by atoms with Gasteiger partial charge >= 0.3 is 0 Å². The average molecular weight is 173 g/mol. The maximum Gasteiger partial charge on any atom is 0.217 e. The van der Waals surface area contributed by atoms with Crippen LogP contribution < -0.4 is 5.73 Å². The molecule has 0 saturated carbocycles. The summed E-state index contributed by atoms with van der Waals surface area (Å²) in [6.07, 6.45) is 0.151. The summed E-state index contributed by atoms with van der Waals surface area (Å²) >= 11 is 4.36. The number of carbonyl (C=O) groups is 3. The third-order valence-corrected chi connectivity index (χ3v) is 1.30. The number of aldehydes is 1. The van der Waals surface area contributed by atoms with E-state index in [1.54, 1.807) is 0 Å². The SMILES string of the molecule is NC(=O)CCC(=O)C(=S)C=O. The van der Waals surface area contributed by atoms with Gasteiger partial charge in [-0.2, -0.15) is 0 Å². The van der Waals surface area contributed by atoms with Gasteiger partial charge in [-0.3, -0.25) is 14.4 Å². The summed E-state index contributed by atoms with van der Waals surface area (Å²) in [4.78, 5) is 30.5. The zero-order valence-corrected chi connectivity index (χ0v) is 6.52. The third kappa shape index (κ3) is 4.32. The van der Waals surface area contributed by atoms with Gasteiger partial charge in [0.15, 0.2) is 12.1 Å². The van der Waals surface area contributed by atoms with Crippen molar-refractivity contribution >= 4 is 35.1 Å². The summed E-state index contributed by atoms with van der Waals surface area (Å²) in [5.41, 5.74) is 4.76. The van der Waals surface area contributed by atoms with Crippen LogP contribution in [0.5, 0.6) is 0 Å². The zero-order valence-electron chi connectivity index (χ0n) is 5.70. The fourth-order valence-electron chi connectivity index (χ4n) is 0.426. The van der Waals surface area contributed by atoms with Crippen molar-refractivity contribution in [3.63, 3.8) is 0 Å². The summed E-state index contributed by atoms with van der Waals surface area (Å²) in [5, 5.41) is 0. The van der Waals surface area contributed by atoms with Crippen molar-refractivity contribution in [2.45, 2.75) is 12.8 Å². The van der Waals surface area contributed by atoms with Crippen LogP contribution in [0.25, 0.3) is 0 Å². The van der Waals surface area contributed by atoms with Crippen LogP contribution in [0.15, 0.2) is 0 Å². The van der Waals surface area contributed by atoms with E-state index < -0.39 is 11.7 Å². The van der Waals surface area contributed by atoms with E-state index >= 15 is 0 Å². The molecule has 4 nitrogen and oxygen atoms in total. The van der Waals surface area contributed by atoms with E-state index in [0.717, 1.165) is 0 Å². The number of thiocarbonyl (C=S) groups is 1. The summed E-state index contributed by atoms with van der Waals surface area (Å²) in [7, 11) is 0. The van der Waals surface area contributed by atoms with Gasteiger partial charge in [0, 0.05) is 12.8 Å². The van der Waals surface area contributed by atoms with Gasteiger partial charge in [0.1, 0.15) is 4.86 Å². The van der Waals surface area contributed by atoms with Crippen molar-refractivity contribution in [1.29, 1.82) is 0 Å². The summed E-state index contributed by atoms with van der Waals surface area (Å²) in [6, 6.07) is 0. The van der Waals surface area contributed by atoms with Gasteiger partial charge in [-0.15, -0.1) is 0 Å². The van der Waals surface area contributed by atoms with E-state index in [-0.39, 0.29) is 17.7 Å². The Balaban J connectivity index is 3.79. The van der Waals surface area contributed by atoms with E-state index in [2.05, 4.69) is 12.2 Å². The lowest BCUT2D eigenvalue weighted by Crippen LogP contribution is -2.17. The van der Waals surface area contributed by atoms with Crippen molar-refractivity contribution < 1.29 is 14.4 Å². The largest absolute Gasteiger partial charge is 0.370 e. The van der Waals surface area contributed by atoms with Crippen molar-refractivity contribution in [2.24, 2.45) is 5.73 Å². The first kappa shape index (κ1) is 9.90. The summed E-state index contributed by atoms with van der Waals surface area (Å²) < 4.78 is 0. The minimum atomic E-state index is -0.577. The highest BCUT2D eigenvalue weighted by Crippen LogP contribution is 1.91. The molecule has 0 saturated heterocycles. The third-order valence-electron chi connectivity index (χ3n) is 0.980. The number of hydrogen-bond donors (Lipinski definition) is 1. The molecule has 0 aromatic carbocycles. The molecule has 0 fully saturated rings. The molecule has 60 valence electrons. The predicted octanol–water partition coefficient (Wildman–Crippen LogP) is -0.610. The number of carbonyl (C=O) groups excluding carboxylic acids is 3. The highest BCUT2D eigenvalue weighted by Gasteiger charge is 2.08. The fourth-order valence-corrected chi connectivity index (χ4v) is 0.528. The number of rotatable bonds is 5. The van der Waals surface area contributed by atoms with E-state index in [4.69, 9.17) is 5.73 Å². The number of nitrogens with two attached hydrogens (primary N) is 1. The van der Waals surface area contributed by atoms with Gasteiger partial charge in [0.05, 0.1) is 0 Å². The molecule has 0 spiro atoms. The average Bonchev–Trinajstić information content (AvgIpc) is 1.98. The van der Waals surface area contributed by atoms with E-state index in [0.29, 0.717) is 6.29 Å². The highest BCUT2D eigenvalue weighted by molar-refractivity contribution is 7.83. The smallest absolute Gasteiger partial charge is 0.217 e. The zero-order chi connectivity index (χ0) is 8.85. The molecular formula is C6H7NO3S. The van der Waals surface area contributed by atoms with Crippen LogP contribution >= 0.6 is 12.2 Å². The Morgan fingerprint density at radius 2 is 1.91 bits per heavy atom. The lowest BCUT2D eigenvalue weighted by molar-refractivity contribution is -0.121. The van der Waals surface area contributed by atoms with Crippen LogP contribution in [0.4, 0.5) is 0 Å². The van der Waals surface area contributed by atoms with E-state index in [1.807, 2.05) is 0 Å². The normalized spacial score (nSPS) is 8.73. The molecule has 0 aromatic heterocycles. The lowest BCUT2D eigenvalue weighted by Gasteiger charge is -1.92. The number of amides is 1. The monoisotopic (exact) mass is 173 g/mol. The molecule has 0 unspecified atom stereocenters. The van der Waals surface area contributed by atoms with Gasteiger partial charge in [0.25, 0.3) is 0 Å². The Morgan fingerprint density at radius 1 is 1.36 bits per heavy atom. The maximum absolute atomic E-state index is 10.7. The minimum absolute atomic E-state index is 0.0627. The fraction of sp³-hybridized carbons (Fsp3) is 0.333. The van der Waals surface area contributed by atoms with Crippen LogP contribution in [0, 0.1) is 0 Å². The maximum atomic E-state index is 10.7. The second kappa shape index (κ2) is 4.68. The van der Waals surface area contributed by atoms with Gasteiger partial charge in [-0.1, -0.05) is 12.2 Å². The molecule has 0 atom stereocenters. The molecule has 11 heavy (non-hydrogen) atoms. The van der Waals surface area contributed by atoms with Gasteiger partial charge in [-0.25, -0.2) is 0 Å². The molecule has 5 heteroatoms. The molecule has 2 N–H and O–H groups in total. The first-order valence-corrected chi connectivity index (χ1v) is 3.29. The van der Waals surface area contributed by atoms with Crippen LogP contribution in [0.1, 0.15) is 12.8 Å². The standard InChI is InChI=1S/C6H7NO3S/c7-6(10)2-1-4(9)5(11)3-8/h3H,1-2H2,(H2,7,10). The summed E-state index contributed by atoms with van der Waals surface area (Å²) in [6.45, 7) is 0. The number of ketones is 1.